The Morgan fingerprint density at radius 1 is 1.18 bits per heavy atom. The van der Waals surface area contributed by atoms with E-state index < -0.39 is 12.4 Å². The molecule has 0 bridgehead atoms. The minimum Gasteiger partial charge on any atom is -0.406 e. The SMILES string of the molecule is CC(CNC(=O)N=C1SCCN1c1ccc(F)cc1C(C)C)Cc1ncn(-c2ccc(OC(F)(F)F)cc2)n1. The Kier molecular flexibility index (Phi) is 8.78. The molecule has 1 aliphatic rings. The van der Waals surface area contributed by atoms with Gasteiger partial charge in [0.25, 0.3) is 0 Å². The van der Waals surface area contributed by atoms with Crippen LogP contribution in [-0.4, -0.2) is 51.2 Å². The maximum absolute atomic E-state index is 13.8. The van der Waals surface area contributed by atoms with E-state index in [1.54, 1.807) is 6.07 Å². The quantitative estimate of drug-likeness (QED) is 0.342. The molecule has 13 heteroatoms. The Balaban J connectivity index is 1.32. The van der Waals surface area contributed by atoms with Crippen molar-refractivity contribution in [1.29, 1.82) is 0 Å². The van der Waals surface area contributed by atoms with Crippen LogP contribution < -0.4 is 15.0 Å². The molecule has 3 aromatic rings. The van der Waals surface area contributed by atoms with Crippen molar-refractivity contribution in [2.45, 2.75) is 39.5 Å². The highest BCUT2D eigenvalue weighted by molar-refractivity contribution is 8.14. The van der Waals surface area contributed by atoms with Gasteiger partial charge in [0.1, 0.15) is 17.9 Å². The van der Waals surface area contributed by atoms with Gasteiger partial charge in [-0.3, -0.25) is 0 Å². The molecule has 1 N–H and O–H groups in total. The number of aromatic nitrogens is 3. The molecular weight excluding hydrogens is 536 g/mol. The lowest BCUT2D eigenvalue weighted by Crippen LogP contribution is -2.30. The number of hydrogen-bond acceptors (Lipinski definition) is 5. The Bertz CT molecular complexity index is 1330. The Labute approximate surface area is 227 Å². The maximum atomic E-state index is 13.8. The molecule has 1 saturated heterocycles. The van der Waals surface area contributed by atoms with Crippen LogP contribution in [0.5, 0.6) is 5.75 Å². The summed E-state index contributed by atoms with van der Waals surface area (Å²) < 4.78 is 56.2. The molecule has 1 fully saturated rings. The van der Waals surface area contributed by atoms with E-state index in [0.717, 1.165) is 17.0 Å². The predicted molar refractivity (Wildman–Crippen MR) is 142 cm³/mol. The number of carbonyl (C=O) groups is 1. The van der Waals surface area contributed by atoms with Crippen LogP contribution in [0.4, 0.5) is 28.0 Å². The van der Waals surface area contributed by atoms with Gasteiger partial charge in [-0.15, -0.1) is 13.2 Å². The first-order valence-electron chi connectivity index (χ1n) is 12.3. The highest BCUT2D eigenvalue weighted by Crippen LogP contribution is 2.33. The Morgan fingerprint density at radius 3 is 2.62 bits per heavy atom. The van der Waals surface area contributed by atoms with Crippen molar-refractivity contribution in [1.82, 2.24) is 20.1 Å². The number of aliphatic imine (C=N–C) groups is 1. The molecule has 0 radical (unpaired) electrons. The van der Waals surface area contributed by atoms with Crippen LogP contribution in [0.1, 0.15) is 38.1 Å². The molecule has 4 rings (SSSR count). The van der Waals surface area contributed by atoms with Crippen LogP contribution in [0.2, 0.25) is 0 Å². The van der Waals surface area contributed by atoms with E-state index in [4.69, 9.17) is 0 Å². The number of carbonyl (C=O) groups excluding carboxylic acids is 1. The summed E-state index contributed by atoms with van der Waals surface area (Å²) in [6.07, 6.45) is -2.82. The first kappa shape index (κ1) is 28.4. The molecular formula is C26H28F4N6O2S. The van der Waals surface area contributed by atoms with Crippen LogP contribution in [0.25, 0.3) is 5.69 Å². The minimum atomic E-state index is -4.76. The number of alkyl halides is 3. The van der Waals surface area contributed by atoms with Crippen molar-refractivity contribution in [2.24, 2.45) is 10.9 Å². The van der Waals surface area contributed by atoms with Crippen molar-refractivity contribution >= 4 is 28.6 Å². The first-order chi connectivity index (χ1) is 18.5. The summed E-state index contributed by atoms with van der Waals surface area (Å²) >= 11 is 1.47. The molecule has 208 valence electrons. The second-order valence-corrected chi connectivity index (χ2v) is 10.5. The van der Waals surface area contributed by atoms with Gasteiger partial charge >= 0.3 is 12.4 Å². The van der Waals surface area contributed by atoms with Crippen LogP contribution in [0.3, 0.4) is 0 Å². The second-order valence-electron chi connectivity index (χ2n) is 9.39. The van der Waals surface area contributed by atoms with Crippen LogP contribution in [0.15, 0.2) is 53.8 Å². The maximum Gasteiger partial charge on any atom is 0.573 e. The number of amidine groups is 1. The lowest BCUT2D eigenvalue weighted by Gasteiger charge is -2.23. The molecule has 1 unspecified atom stereocenters. The van der Waals surface area contributed by atoms with Crippen LogP contribution in [-0.2, 0) is 6.42 Å². The van der Waals surface area contributed by atoms with E-state index in [2.05, 4.69) is 25.1 Å². The number of hydrogen-bond donors (Lipinski definition) is 1. The van der Waals surface area contributed by atoms with Gasteiger partial charge in [0.2, 0.25) is 0 Å². The minimum absolute atomic E-state index is 0.00969. The van der Waals surface area contributed by atoms with Gasteiger partial charge in [-0.2, -0.15) is 10.1 Å². The molecule has 1 aliphatic heterocycles. The highest BCUT2D eigenvalue weighted by atomic mass is 32.2. The smallest absolute Gasteiger partial charge is 0.406 e. The normalized spacial score (nSPS) is 15.7. The van der Waals surface area contributed by atoms with Crippen molar-refractivity contribution in [3.05, 3.63) is 66.0 Å². The van der Waals surface area contributed by atoms with E-state index in [1.807, 2.05) is 25.7 Å². The zero-order chi connectivity index (χ0) is 28.2. The molecule has 1 aromatic heterocycles. The third-order valence-corrected chi connectivity index (χ3v) is 6.84. The summed E-state index contributed by atoms with van der Waals surface area (Å²) in [6.45, 7) is 6.93. The number of rotatable bonds is 8. The molecule has 8 nitrogen and oxygen atoms in total. The lowest BCUT2D eigenvalue weighted by atomic mass is 10.0. The molecule has 0 aliphatic carbocycles. The summed E-state index contributed by atoms with van der Waals surface area (Å²) in [4.78, 5) is 23.1. The Hall–Kier alpha value is -3.61. The topological polar surface area (TPSA) is 84.6 Å². The number of urea groups is 1. The van der Waals surface area contributed by atoms with Gasteiger partial charge in [-0.05, 0) is 59.9 Å². The number of benzene rings is 2. The van der Waals surface area contributed by atoms with Crippen molar-refractivity contribution in [3.63, 3.8) is 0 Å². The first-order valence-corrected chi connectivity index (χ1v) is 13.3. The van der Waals surface area contributed by atoms with Gasteiger partial charge in [-0.1, -0.05) is 32.5 Å². The number of thioether (sulfide) groups is 1. The second kappa shape index (κ2) is 12.1. The zero-order valence-electron chi connectivity index (χ0n) is 21.6. The van der Waals surface area contributed by atoms with Gasteiger partial charge in [-0.25, -0.2) is 18.9 Å². The van der Waals surface area contributed by atoms with E-state index in [0.29, 0.717) is 36.2 Å². The fourth-order valence-electron chi connectivity index (χ4n) is 4.04. The van der Waals surface area contributed by atoms with E-state index in [-0.39, 0.29) is 23.4 Å². The van der Waals surface area contributed by atoms with E-state index in [1.165, 1.54) is 59.2 Å². The summed E-state index contributed by atoms with van der Waals surface area (Å²) in [5.74, 6) is 0.767. The monoisotopic (exact) mass is 564 g/mol. The van der Waals surface area contributed by atoms with Crippen molar-refractivity contribution in [3.8, 4) is 11.4 Å². The molecule has 2 amide bonds. The number of ether oxygens (including phenoxy) is 1. The molecule has 39 heavy (non-hydrogen) atoms. The summed E-state index contributed by atoms with van der Waals surface area (Å²) in [7, 11) is 0. The standard InChI is InChI=1S/C26H28F4N6O2S/c1-16(2)21-13-18(27)4-9-22(21)35-10-11-39-25(35)33-24(37)31-14-17(3)12-23-32-15-36(34-23)19-5-7-20(8-6-19)38-26(28,29)30/h4-9,13,15-17H,10-12,14H2,1-3H3,(H,31,37). The number of nitrogens with zero attached hydrogens (tertiary/aromatic N) is 5. The number of anilines is 1. The average molecular weight is 565 g/mol. The van der Waals surface area contributed by atoms with Gasteiger partial charge in [0, 0.05) is 31.0 Å². The number of amides is 2. The average Bonchev–Trinajstić information content (AvgIpc) is 3.52. The van der Waals surface area contributed by atoms with E-state index in [9.17, 15) is 22.4 Å². The van der Waals surface area contributed by atoms with E-state index >= 15 is 0 Å². The molecule has 0 spiro atoms. The summed E-state index contributed by atoms with van der Waals surface area (Å²) in [5, 5.41) is 7.76. The lowest BCUT2D eigenvalue weighted by molar-refractivity contribution is -0.274. The van der Waals surface area contributed by atoms with Gasteiger partial charge in [0.05, 0.1) is 5.69 Å². The fraction of sp³-hybridized carbons (Fsp3) is 0.385. The van der Waals surface area contributed by atoms with Crippen LogP contribution in [0, 0.1) is 11.7 Å². The molecule has 2 aromatic carbocycles. The summed E-state index contributed by atoms with van der Waals surface area (Å²) in [5.41, 5.74) is 2.23. The fourth-order valence-corrected chi connectivity index (χ4v) is 4.99. The van der Waals surface area contributed by atoms with Crippen molar-refractivity contribution in [2.75, 3.05) is 23.7 Å². The van der Waals surface area contributed by atoms with Gasteiger partial charge in [0.15, 0.2) is 11.0 Å². The van der Waals surface area contributed by atoms with Crippen LogP contribution >= 0.6 is 11.8 Å². The predicted octanol–water partition coefficient (Wildman–Crippen LogP) is 5.93. The molecule has 0 saturated carbocycles. The number of nitrogens with one attached hydrogen (secondary N) is 1. The highest BCUT2D eigenvalue weighted by Gasteiger charge is 2.31. The third kappa shape index (κ3) is 7.71. The Morgan fingerprint density at radius 2 is 1.92 bits per heavy atom. The largest absolute Gasteiger partial charge is 0.573 e. The molecule has 2 heterocycles. The summed E-state index contributed by atoms with van der Waals surface area (Å²) in [6, 6.07) is 9.49. The van der Waals surface area contributed by atoms with Gasteiger partial charge < -0.3 is 15.0 Å². The molecule has 1 atom stereocenters. The third-order valence-electron chi connectivity index (χ3n) is 5.88. The zero-order valence-corrected chi connectivity index (χ0v) is 22.4. The van der Waals surface area contributed by atoms with Crippen molar-refractivity contribution < 1.29 is 27.1 Å². The number of halogens is 4.